The molecule has 1 aliphatic rings. The Labute approximate surface area is 181 Å². The van der Waals surface area contributed by atoms with Gasteiger partial charge in [-0.3, -0.25) is 9.10 Å². The van der Waals surface area contributed by atoms with E-state index in [1.807, 2.05) is 0 Å². The summed E-state index contributed by atoms with van der Waals surface area (Å²) in [7, 11) is -3.70. The molecule has 0 saturated carbocycles. The highest BCUT2D eigenvalue weighted by Crippen LogP contribution is 2.36. The summed E-state index contributed by atoms with van der Waals surface area (Å²) >= 11 is 9.32. The molecule has 11 heteroatoms. The van der Waals surface area contributed by atoms with Gasteiger partial charge in [0.1, 0.15) is 6.54 Å². The molecular weight excluding hydrogens is 486 g/mol. The number of ether oxygens (including phenoxy) is 2. The standard InChI is InChI=1S/C18H17BrClN3O5S/c1-11-5-13(20)3-4-15(11)23(29(2,25)26)9-18(24)22-21-8-12-6-16-17(7-14(12)19)28-10-27-16/h3-8H,9-10H2,1-2H3,(H,22,24)/b21-8-. The number of hydrogen-bond donors (Lipinski definition) is 1. The Hall–Kier alpha value is -2.30. The van der Waals surface area contributed by atoms with E-state index in [1.165, 1.54) is 6.21 Å². The fourth-order valence-electron chi connectivity index (χ4n) is 2.65. The van der Waals surface area contributed by atoms with Gasteiger partial charge in [-0.25, -0.2) is 13.8 Å². The molecular formula is C18H17BrClN3O5S. The van der Waals surface area contributed by atoms with Crippen LogP contribution in [0.15, 0.2) is 39.9 Å². The van der Waals surface area contributed by atoms with Crippen molar-refractivity contribution in [2.75, 3.05) is 23.9 Å². The molecule has 8 nitrogen and oxygen atoms in total. The lowest BCUT2D eigenvalue weighted by Gasteiger charge is -2.23. The number of sulfonamides is 1. The lowest BCUT2D eigenvalue weighted by molar-refractivity contribution is -0.119. The van der Waals surface area contributed by atoms with Crippen molar-refractivity contribution in [3.8, 4) is 11.5 Å². The normalized spacial score (nSPS) is 13.0. The minimum absolute atomic E-state index is 0.143. The van der Waals surface area contributed by atoms with Crippen LogP contribution >= 0.6 is 27.5 Å². The van der Waals surface area contributed by atoms with Crippen LogP contribution in [0.4, 0.5) is 5.69 Å². The number of fused-ring (bicyclic) bond motifs is 1. The highest BCUT2D eigenvalue weighted by atomic mass is 79.9. The first kappa shape index (κ1) is 21.4. The van der Waals surface area contributed by atoms with Gasteiger partial charge in [0.25, 0.3) is 5.91 Å². The van der Waals surface area contributed by atoms with Gasteiger partial charge in [-0.2, -0.15) is 5.10 Å². The van der Waals surface area contributed by atoms with Crippen LogP contribution in [0.3, 0.4) is 0 Å². The van der Waals surface area contributed by atoms with Crippen LogP contribution in [-0.2, 0) is 14.8 Å². The molecule has 0 unspecified atom stereocenters. The van der Waals surface area contributed by atoms with Crippen LogP contribution in [0, 0.1) is 6.92 Å². The van der Waals surface area contributed by atoms with E-state index in [0.29, 0.717) is 37.8 Å². The molecule has 3 rings (SSSR count). The SMILES string of the molecule is Cc1cc(Cl)ccc1N(CC(=O)N/N=C\c1cc2c(cc1Br)OCO2)S(C)(=O)=O. The number of hydrogen-bond acceptors (Lipinski definition) is 6. The summed E-state index contributed by atoms with van der Waals surface area (Å²) in [5.74, 6) is 0.584. The van der Waals surface area contributed by atoms with Gasteiger partial charge in [-0.05, 0) is 58.7 Å². The summed E-state index contributed by atoms with van der Waals surface area (Å²) in [6.07, 6.45) is 2.45. The molecule has 2 aromatic rings. The molecule has 0 spiro atoms. The number of rotatable bonds is 6. The van der Waals surface area contributed by atoms with E-state index in [1.54, 1.807) is 37.3 Å². The van der Waals surface area contributed by atoms with Crippen molar-refractivity contribution in [2.45, 2.75) is 6.92 Å². The topological polar surface area (TPSA) is 97.3 Å². The first-order valence-corrected chi connectivity index (χ1v) is 11.3. The third kappa shape index (κ3) is 5.20. The number of aryl methyl sites for hydroxylation is 1. The summed E-state index contributed by atoms with van der Waals surface area (Å²) in [6.45, 7) is 1.43. The van der Waals surface area contributed by atoms with E-state index >= 15 is 0 Å². The second kappa shape index (κ2) is 8.60. The van der Waals surface area contributed by atoms with E-state index < -0.39 is 22.5 Å². The molecule has 0 bridgehead atoms. The third-order valence-corrected chi connectivity index (χ3v) is 6.05. The van der Waals surface area contributed by atoms with E-state index in [-0.39, 0.29) is 6.79 Å². The third-order valence-electron chi connectivity index (χ3n) is 4.00. The van der Waals surface area contributed by atoms with Gasteiger partial charge < -0.3 is 9.47 Å². The van der Waals surface area contributed by atoms with Gasteiger partial charge >= 0.3 is 0 Å². The lowest BCUT2D eigenvalue weighted by atomic mass is 10.2. The Morgan fingerprint density at radius 1 is 1.31 bits per heavy atom. The van der Waals surface area contributed by atoms with Gasteiger partial charge in [0.15, 0.2) is 11.5 Å². The van der Waals surface area contributed by atoms with Crippen LogP contribution in [0.2, 0.25) is 5.02 Å². The molecule has 0 saturated heterocycles. The number of nitrogens with zero attached hydrogens (tertiary/aromatic N) is 2. The molecule has 0 aromatic heterocycles. The number of carbonyl (C=O) groups excluding carboxylic acids is 1. The molecule has 1 N–H and O–H groups in total. The number of hydrazone groups is 1. The van der Waals surface area contributed by atoms with Crippen molar-refractivity contribution < 1.29 is 22.7 Å². The van der Waals surface area contributed by atoms with Crippen molar-refractivity contribution in [1.29, 1.82) is 0 Å². The van der Waals surface area contributed by atoms with Gasteiger partial charge in [-0.1, -0.05) is 11.6 Å². The average Bonchev–Trinajstić information content (AvgIpc) is 3.06. The predicted octanol–water partition coefficient (Wildman–Crippen LogP) is 3.06. The first-order valence-electron chi connectivity index (χ1n) is 8.30. The Kier molecular flexibility index (Phi) is 6.35. The number of benzene rings is 2. The monoisotopic (exact) mass is 501 g/mol. The van der Waals surface area contributed by atoms with Crippen LogP contribution < -0.4 is 19.2 Å². The maximum absolute atomic E-state index is 12.3. The second-order valence-electron chi connectivity index (χ2n) is 6.22. The zero-order valence-electron chi connectivity index (χ0n) is 15.5. The quantitative estimate of drug-likeness (QED) is 0.484. The Morgan fingerprint density at radius 2 is 2.00 bits per heavy atom. The number of amides is 1. The maximum Gasteiger partial charge on any atom is 0.260 e. The van der Waals surface area contributed by atoms with Gasteiger partial charge in [-0.15, -0.1) is 0 Å². The summed E-state index contributed by atoms with van der Waals surface area (Å²) < 4.78 is 36.7. The highest BCUT2D eigenvalue weighted by molar-refractivity contribution is 9.10. The molecule has 0 atom stereocenters. The molecule has 1 heterocycles. The first-order chi connectivity index (χ1) is 13.6. The summed E-state index contributed by atoms with van der Waals surface area (Å²) in [5.41, 5.74) is 3.99. The Balaban J connectivity index is 1.72. The van der Waals surface area contributed by atoms with Gasteiger partial charge in [0.2, 0.25) is 16.8 Å². The molecule has 0 radical (unpaired) electrons. The van der Waals surface area contributed by atoms with Crippen LogP contribution in [0.25, 0.3) is 0 Å². The minimum atomic E-state index is -3.70. The van der Waals surface area contributed by atoms with Gasteiger partial charge in [0, 0.05) is 15.1 Å². The zero-order valence-corrected chi connectivity index (χ0v) is 18.6. The largest absolute Gasteiger partial charge is 0.454 e. The molecule has 0 fully saturated rings. The van der Waals surface area contributed by atoms with Crippen LogP contribution in [0.5, 0.6) is 11.5 Å². The lowest BCUT2D eigenvalue weighted by Crippen LogP contribution is -2.39. The fourth-order valence-corrected chi connectivity index (χ4v) is 4.22. The van der Waals surface area contributed by atoms with E-state index in [4.69, 9.17) is 21.1 Å². The predicted molar refractivity (Wildman–Crippen MR) is 114 cm³/mol. The number of anilines is 1. The second-order valence-corrected chi connectivity index (χ2v) is 9.42. The molecule has 1 aliphatic heterocycles. The number of carbonyl (C=O) groups is 1. The molecule has 0 aliphatic carbocycles. The smallest absolute Gasteiger partial charge is 0.260 e. The van der Waals surface area contributed by atoms with Crippen molar-refractivity contribution in [2.24, 2.45) is 5.10 Å². The van der Waals surface area contributed by atoms with E-state index in [9.17, 15) is 13.2 Å². The van der Waals surface area contributed by atoms with Crippen molar-refractivity contribution >= 4 is 55.4 Å². The van der Waals surface area contributed by atoms with Crippen LogP contribution in [0.1, 0.15) is 11.1 Å². The highest BCUT2D eigenvalue weighted by Gasteiger charge is 2.22. The summed E-state index contributed by atoms with van der Waals surface area (Å²) in [6, 6.07) is 8.19. The van der Waals surface area contributed by atoms with Crippen LogP contribution in [-0.4, -0.2) is 40.1 Å². The zero-order chi connectivity index (χ0) is 21.2. The maximum atomic E-state index is 12.3. The Bertz CT molecular complexity index is 1090. The Morgan fingerprint density at radius 3 is 2.66 bits per heavy atom. The molecule has 29 heavy (non-hydrogen) atoms. The van der Waals surface area contributed by atoms with Crippen molar-refractivity contribution in [3.63, 3.8) is 0 Å². The number of nitrogens with one attached hydrogen (secondary N) is 1. The molecule has 1 amide bonds. The van der Waals surface area contributed by atoms with Crippen molar-refractivity contribution in [3.05, 3.63) is 51.0 Å². The molecule has 154 valence electrons. The number of halogens is 2. The molecule has 2 aromatic carbocycles. The van der Waals surface area contributed by atoms with Gasteiger partial charge in [0.05, 0.1) is 18.2 Å². The van der Waals surface area contributed by atoms with E-state index in [2.05, 4.69) is 26.5 Å². The summed E-state index contributed by atoms with van der Waals surface area (Å²) in [5, 5.41) is 4.37. The minimum Gasteiger partial charge on any atom is -0.454 e. The fraction of sp³-hybridized carbons (Fsp3) is 0.222. The summed E-state index contributed by atoms with van der Waals surface area (Å²) in [4.78, 5) is 12.3. The van der Waals surface area contributed by atoms with E-state index in [0.717, 1.165) is 10.6 Å². The average molecular weight is 503 g/mol. The van der Waals surface area contributed by atoms with Crippen molar-refractivity contribution in [1.82, 2.24) is 5.43 Å².